The van der Waals surface area contributed by atoms with E-state index >= 15 is 0 Å². The standard InChI is InChI=1S/C27H25ClN6O3/c1-4-14-33-26(35)17(2)25(34(27(33)36)16-19-8-10-20(28)11-9-19)32-23-13-12-22(18(3)30-23)37-24-7-5-6-21(15-29)31-24/h5-13H,4,14,16H2,1-3H3,(H,30,32). The number of halogens is 1. The molecule has 0 spiro atoms. The molecule has 188 valence electrons. The zero-order chi connectivity index (χ0) is 26.5. The molecular formula is C27H25ClN6O3. The van der Waals surface area contributed by atoms with Crippen LogP contribution in [0.5, 0.6) is 11.6 Å². The SMILES string of the molecule is CCCn1c(=O)c(C)c(Nc2ccc(Oc3cccc(C#N)n3)c(C)n2)n(Cc2ccc(Cl)cc2)c1=O. The smallest absolute Gasteiger partial charge is 0.332 e. The number of aromatic nitrogens is 4. The zero-order valence-corrected chi connectivity index (χ0v) is 21.4. The fourth-order valence-electron chi connectivity index (χ4n) is 3.83. The Morgan fingerprint density at radius 3 is 2.46 bits per heavy atom. The van der Waals surface area contributed by atoms with Gasteiger partial charge in [-0.1, -0.05) is 36.7 Å². The summed E-state index contributed by atoms with van der Waals surface area (Å²) >= 11 is 6.03. The Bertz CT molecular complexity index is 1600. The number of nitrogens with zero attached hydrogens (tertiary/aromatic N) is 5. The molecule has 1 N–H and O–H groups in total. The first-order valence-electron chi connectivity index (χ1n) is 11.7. The topological polar surface area (TPSA) is 115 Å². The first-order chi connectivity index (χ1) is 17.8. The van der Waals surface area contributed by atoms with Crippen molar-refractivity contribution in [3.63, 3.8) is 0 Å². The van der Waals surface area contributed by atoms with Crippen molar-refractivity contribution in [2.45, 2.75) is 40.3 Å². The maximum atomic E-state index is 13.4. The minimum Gasteiger partial charge on any atom is -0.437 e. The molecule has 0 bridgehead atoms. The lowest BCUT2D eigenvalue weighted by Crippen LogP contribution is -2.42. The van der Waals surface area contributed by atoms with Crippen molar-refractivity contribution in [3.05, 3.63) is 103 Å². The summed E-state index contributed by atoms with van der Waals surface area (Å²) in [5, 5.41) is 12.8. The van der Waals surface area contributed by atoms with Crippen LogP contribution in [0.3, 0.4) is 0 Å². The summed E-state index contributed by atoms with van der Waals surface area (Å²) in [6, 6.07) is 17.5. The molecule has 0 amide bonds. The monoisotopic (exact) mass is 516 g/mol. The number of nitriles is 1. The van der Waals surface area contributed by atoms with Crippen molar-refractivity contribution in [1.29, 1.82) is 5.26 Å². The van der Waals surface area contributed by atoms with Crippen LogP contribution in [0, 0.1) is 25.2 Å². The Balaban J connectivity index is 1.71. The average Bonchev–Trinajstić information content (AvgIpc) is 2.90. The quantitative estimate of drug-likeness (QED) is 0.353. The fraction of sp³-hybridized carbons (Fsp3) is 0.222. The van der Waals surface area contributed by atoms with Crippen LogP contribution < -0.4 is 21.3 Å². The van der Waals surface area contributed by atoms with Crippen molar-refractivity contribution < 1.29 is 4.74 Å². The molecule has 0 aliphatic heterocycles. The molecule has 10 heteroatoms. The van der Waals surface area contributed by atoms with Crippen LogP contribution in [0.1, 0.15) is 35.9 Å². The third kappa shape index (κ3) is 5.71. The van der Waals surface area contributed by atoms with Crippen LogP contribution in [0.2, 0.25) is 5.02 Å². The van der Waals surface area contributed by atoms with Crippen LogP contribution in [-0.4, -0.2) is 19.1 Å². The van der Waals surface area contributed by atoms with Gasteiger partial charge in [0.05, 0.1) is 17.8 Å². The van der Waals surface area contributed by atoms with Crippen LogP contribution in [0.25, 0.3) is 0 Å². The summed E-state index contributed by atoms with van der Waals surface area (Å²) in [4.78, 5) is 35.1. The number of aryl methyl sites for hydroxylation is 1. The van der Waals surface area contributed by atoms with E-state index in [1.165, 1.54) is 9.13 Å². The number of ether oxygens (including phenoxy) is 1. The Morgan fingerprint density at radius 1 is 1.03 bits per heavy atom. The molecule has 4 rings (SSSR count). The highest BCUT2D eigenvalue weighted by Crippen LogP contribution is 2.26. The first kappa shape index (κ1) is 25.7. The van der Waals surface area contributed by atoms with E-state index in [0.717, 1.165) is 5.56 Å². The van der Waals surface area contributed by atoms with E-state index in [4.69, 9.17) is 21.6 Å². The lowest BCUT2D eigenvalue weighted by atomic mass is 10.2. The molecule has 0 aliphatic rings. The number of hydrogen-bond acceptors (Lipinski definition) is 7. The molecule has 3 heterocycles. The van der Waals surface area contributed by atoms with Crippen molar-refractivity contribution in [3.8, 4) is 17.7 Å². The Labute approximate surface area is 218 Å². The Hall–Kier alpha value is -4.42. The van der Waals surface area contributed by atoms with Crippen molar-refractivity contribution in [1.82, 2.24) is 19.1 Å². The number of rotatable bonds is 8. The van der Waals surface area contributed by atoms with E-state index in [1.54, 1.807) is 56.3 Å². The lowest BCUT2D eigenvalue weighted by Gasteiger charge is -2.19. The summed E-state index contributed by atoms with van der Waals surface area (Å²) in [6.07, 6.45) is 0.649. The molecule has 0 unspecified atom stereocenters. The molecule has 3 aromatic heterocycles. The Morgan fingerprint density at radius 2 is 1.78 bits per heavy atom. The predicted octanol–water partition coefficient (Wildman–Crippen LogP) is 4.94. The molecule has 0 aliphatic carbocycles. The fourth-order valence-corrected chi connectivity index (χ4v) is 3.96. The van der Waals surface area contributed by atoms with E-state index in [-0.39, 0.29) is 23.7 Å². The summed E-state index contributed by atoms with van der Waals surface area (Å²) < 4.78 is 8.60. The van der Waals surface area contributed by atoms with Gasteiger partial charge in [-0.25, -0.2) is 14.8 Å². The van der Waals surface area contributed by atoms with Gasteiger partial charge >= 0.3 is 5.69 Å². The number of hydrogen-bond donors (Lipinski definition) is 1. The van der Waals surface area contributed by atoms with Crippen molar-refractivity contribution in [2.75, 3.05) is 5.32 Å². The van der Waals surface area contributed by atoms with Gasteiger partial charge in [0.25, 0.3) is 5.56 Å². The van der Waals surface area contributed by atoms with Gasteiger partial charge in [-0.15, -0.1) is 0 Å². The van der Waals surface area contributed by atoms with E-state index < -0.39 is 5.69 Å². The average molecular weight is 517 g/mol. The third-order valence-electron chi connectivity index (χ3n) is 5.69. The molecule has 0 saturated heterocycles. The van der Waals surface area contributed by atoms with Gasteiger partial charge in [0, 0.05) is 17.6 Å². The normalized spacial score (nSPS) is 10.7. The van der Waals surface area contributed by atoms with Gasteiger partial charge in [0.15, 0.2) is 5.75 Å². The number of anilines is 2. The van der Waals surface area contributed by atoms with Gasteiger partial charge in [0.2, 0.25) is 5.88 Å². The molecule has 37 heavy (non-hydrogen) atoms. The minimum atomic E-state index is -0.407. The lowest BCUT2D eigenvalue weighted by molar-refractivity contribution is 0.456. The van der Waals surface area contributed by atoms with E-state index in [2.05, 4.69) is 15.3 Å². The van der Waals surface area contributed by atoms with Crippen LogP contribution >= 0.6 is 11.6 Å². The van der Waals surface area contributed by atoms with Crippen LogP contribution in [0.4, 0.5) is 11.6 Å². The van der Waals surface area contributed by atoms with Crippen LogP contribution in [0.15, 0.2) is 64.2 Å². The third-order valence-corrected chi connectivity index (χ3v) is 5.94. The first-order valence-corrected chi connectivity index (χ1v) is 12.1. The van der Waals surface area contributed by atoms with E-state index in [0.29, 0.717) is 46.6 Å². The van der Waals surface area contributed by atoms with Gasteiger partial charge in [-0.2, -0.15) is 5.26 Å². The molecule has 0 radical (unpaired) electrons. The Kier molecular flexibility index (Phi) is 7.70. The molecular weight excluding hydrogens is 492 g/mol. The highest BCUT2D eigenvalue weighted by Gasteiger charge is 2.18. The van der Waals surface area contributed by atoms with Gasteiger partial charge in [-0.3, -0.25) is 13.9 Å². The second kappa shape index (κ2) is 11.1. The number of benzene rings is 1. The number of pyridine rings is 2. The maximum absolute atomic E-state index is 13.4. The largest absolute Gasteiger partial charge is 0.437 e. The highest BCUT2D eigenvalue weighted by atomic mass is 35.5. The molecule has 0 fully saturated rings. The van der Waals surface area contributed by atoms with Gasteiger partial charge < -0.3 is 10.1 Å². The van der Waals surface area contributed by atoms with Crippen molar-refractivity contribution >= 4 is 23.2 Å². The van der Waals surface area contributed by atoms with E-state index in [9.17, 15) is 9.59 Å². The molecule has 1 aromatic carbocycles. The van der Waals surface area contributed by atoms with E-state index in [1.807, 2.05) is 25.1 Å². The molecule has 0 atom stereocenters. The summed E-state index contributed by atoms with van der Waals surface area (Å²) in [5.74, 6) is 1.53. The van der Waals surface area contributed by atoms with Crippen molar-refractivity contribution in [2.24, 2.45) is 0 Å². The van der Waals surface area contributed by atoms with Gasteiger partial charge in [-0.05, 0) is 56.2 Å². The molecule has 0 saturated carbocycles. The molecule has 9 nitrogen and oxygen atoms in total. The summed E-state index contributed by atoms with van der Waals surface area (Å²) in [5.41, 5.74) is 1.30. The van der Waals surface area contributed by atoms with Crippen LogP contribution in [-0.2, 0) is 13.1 Å². The molecule has 4 aromatic rings. The highest BCUT2D eigenvalue weighted by molar-refractivity contribution is 6.30. The predicted molar refractivity (Wildman–Crippen MR) is 142 cm³/mol. The second-order valence-corrected chi connectivity index (χ2v) is 8.84. The zero-order valence-electron chi connectivity index (χ0n) is 20.7. The summed E-state index contributed by atoms with van der Waals surface area (Å²) in [7, 11) is 0. The summed E-state index contributed by atoms with van der Waals surface area (Å²) in [6.45, 7) is 5.93. The van der Waals surface area contributed by atoms with Gasteiger partial charge in [0.1, 0.15) is 23.4 Å². The number of nitrogens with one attached hydrogen (secondary N) is 1. The minimum absolute atomic E-state index is 0.240. The second-order valence-electron chi connectivity index (χ2n) is 8.41. The maximum Gasteiger partial charge on any atom is 0.332 e.